The number of anilines is 1. The van der Waals surface area contributed by atoms with Crippen molar-refractivity contribution in [2.24, 2.45) is 0 Å². The predicted molar refractivity (Wildman–Crippen MR) is 92.1 cm³/mol. The Kier molecular flexibility index (Phi) is 4.51. The van der Waals surface area contributed by atoms with Crippen LogP contribution in [0.2, 0.25) is 0 Å². The van der Waals surface area contributed by atoms with Crippen molar-refractivity contribution in [3.63, 3.8) is 0 Å². The van der Waals surface area contributed by atoms with Gasteiger partial charge in [-0.3, -0.25) is 4.79 Å². The summed E-state index contributed by atoms with van der Waals surface area (Å²) in [5.41, 5.74) is 1.90. The third-order valence-corrected chi connectivity index (χ3v) is 4.33. The first-order chi connectivity index (χ1) is 11.2. The van der Waals surface area contributed by atoms with Crippen LogP contribution in [-0.2, 0) is 0 Å². The normalized spacial score (nSPS) is 17.9. The number of ether oxygens (including phenoxy) is 1. The summed E-state index contributed by atoms with van der Waals surface area (Å²) in [6, 6.07) is 17.9. The molecule has 3 rings (SSSR count). The summed E-state index contributed by atoms with van der Waals surface area (Å²) in [7, 11) is 1.62. The van der Waals surface area contributed by atoms with E-state index in [-0.39, 0.29) is 11.9 Å². The lowest BCUT2D eigenvalue weighted by atomic mass is 10.1. The van der Waals surface area contributed by atoms with E-state index >= 15 is 0 Å². The maximum atomic E-state index is 12.8. The van der Waals surface area contributed by atoms with Crippen molar-refractivity contribution in [3.05, 3.63) is 60.2 Å². The second-order valence-electron chi connectivity index (χ2n) is 5.86. The summed E-state index contributed by atoms with van der Waals surface area (Å²) >= 11 is 0. The van der Waals surface area contributed by atoms with Crippen molar-refractivity contribution >= 4 is 11.6 Å². The van der Waals surface area contributed by atoms with E-state index in [1.165, 1.54) is 5.69 Å². The zero-order valence-corrected chi connectivity index (χ0v) is 13.6. The molecule has 1 amide bonds. The molecular formula is C19H22N2O2. The lowest BCUT2D eigenvalue weighted by Gasteiger charge is -2.41. The fourth-order valence-electron chi connectivity index (χ4n) is 3.05. The van der Waals surface area contributed by atoms with Crippen LogP contribution >= 0.6 is 0 Å². The van der Waals surface area contributed by atoms with Gasteiger partial charge in [-0.25, -0.2) is 0 Å². The fraction of sp³-hybridized carbons (Fsp3) is 0.316. The van der Waals surface area contributed by atoms with E-state index in [2.05, 4.69) is 24.0 Å². The number of amides is 1. The second-order valence-corrected chi connectivity index (χ2v) is 5.86. The van der Waals surface area contributed by atoms with E-state index in [4.69, 9.17) is 4.74 Å². The number of rotatable bonds is 3. The van der Waals surface area contributed by atoms with Gasteiger partial charge in [0.25, 0.3) is 5.91 Å². The number of carbonyl (C=O) groups excluding carboxylic acids is 1. The molecule has 2 aromatic rings. The Morgan fingerprint density at radius 2 is 1.87 bits per heavy atom. The molecule has 0 spiro atoms. The molecule has 4 heteroatoms. The van der Waals surface area contributed by atoms with Gasteiger partial charge in [0, 0.05) is 36.9 Å². The van der Waals surface area contributed by atoms with Crippen LogP contribution in [-0.4, -0.2) is 43.6 Å². The first kappa shape index (κ1) is 15.4. The number of hydrogen-bond acceptors (Lipinski definition) is 3. The molecule has 0 aliphatic carbocycles. The maximum absolute atomic E-state index is 12.8. The average molecular weight is 310 g/mol. The lowest BCUT2D eigenvalue weighted by molar-refractivity contribution is 0.0674. The van der Waals surface area contributed by atoms with Crippen molar-refractivity contribution in [1.82, 2.24) is 4.90 Å². The van der Waals surface area contributed by atoms with Crippen LogP contribution in [0.15, 0.2) is 54.6 Å². The number of hydrogen-bond donors (Lipinski definition) is 0. The third kappa shape index (κ3) is 3.31. The Balaban J connectivity index is 1.71. The largest absolute Gasteiger partial charge is 0.497 e. The smallest absolute Gasteiger partial charge is 0.254 e. The molecule has 0 aromatic heterocycles. The van der Waals surface area contributed by atoms with Gasteiger partial charge in [0.2, 0.25) is 0 Å². The zero-order chi connectivity index (χ0) is 16.2. The predicted octanol–water partition coefficient (Wildman–Crippen LogP) is 3.05. The average Bonchev–Trinajstić information content (AvgIpc) is 2.62. The molecule has 0 bridgehead atoms. The highest BCUT2D eigenvalue weighted by Crippen LogP contribution is 2.21. The van der Waals surface area contributed by atoms with Crippen LogP contribution in [0.1, 0.15) is 17.3 Å². The molecule has 1 aliphatic heterocycles. The highest BCUT2D eigenvalue weighted by molar-refractivity contribution is 5.95. The second kappa shape index (κ2) is 6.73. The highest BCUT2D eigenvalue weighted by atomic mass is 16.5. The van der Waals surface area contributed by atoms with Gasteiger partial charge in [0.15, 0.2) is 0 Å². The summed E-state index contributed by atoms with van der Waals surface area (Å²) in [6.45, 7) is 4.53. The van der Waals surface area contributed by atoms with E-state index < -0.39 is 0 Å². The van der Waals surface area contributed by atoms with Crippen molar-refractivity contribution in [3.8, 4) is 5.75 Å². The molecule has 1 atom stereocenters. The SMILES string of the molecule is COc1cccc(C(=O)N2CCN(c3ccccc3)CC2C)c1. The first-order valence-electron chi connectivity index (χ1n) is 7.94. The molecule has 1 aliphatic rings. The number of para-hydroxylation sites is 1. The Hall–Kier alpha value is -2.49. The summed E-state index contributed by atoms with van der Waals surface area (Å²) in [6.07, 6.45) is 0. The summed E-state index contributed by atoms with van der Waals surface area (Å²) < 4.78 is 5.22. The first-order valence-corrected chi connectivity index (χ1v) is 7.94. The monoisotopic (exact) mass is 310 g/mol. The molecular weight excluding hydrogens is 288 g/mol. The van der Waals surface area contributed by atoms with Crippen LogP contribution in [0.3, 0.4) is 0 Å². The van der Waals surface area contributed by atoms with Gasteiger partial charge in [0.05, 0.1) is 7.11 Å². The molecule has 23 heavy (non-hydrogen) atoms. The number of benzene rings is 2. The highest BCUT2D eigenvalue weighted by Gasteiger charge is 2.28. The molecule has 1 fully saturated rings. The van der Waals surface area contributed by atoms with Crippen molar-refractivity contribution in [2.45, 2.75) is 13.0 Å². The van der Waals surface area contributed by atoms with Crippen LogP contribution < -0.4 is 9.64 Å². The lowest BCUT2D eigenvalue weighted by Crippen LogP contribution is -2.54. The molecule has 120 valence electrons. The fourth-order valence-corrected chi connectivity index (χ4v) is 3.05. The minimum absolute atomic E-state index is 0.0733. The topological polar surface area (TPSA) is 32.8 Å². The molecule has 0 saturated carbocycles. The molecule has 0 radical (unpaired) electrons. The molecule has 1 unspecified atom stereocenters. The van der Waals surface area contributed by atoms with Gasteiger partial charge >= 0.3 is 0 Å². The third-order valence-electron chi connectivity index (χ3n) is 4.33. The molecule has 0 N–H and O–H groups in total. The quantitative estimate of drug-likeness (QED) is 0.873. The zero-order valence-electron chi connectivity index (χ0n) is 13.6. The van der Waals surface area contributed by atoms with E-state index in [1.807, 2.05) is 41.3 Å². The number of carbonyl (C=O) groups is 1. The number of piperazine rings is 1. The van der Waals surface area contributed by atoms with Gasteiger partial charge in [-0.15, -0.1) is 0 Å². The molecule has 4 nitrogen and oxygen atoms in total. The van der Waals surface area contributed by atoms with Crippen LogP contribution in [0, 0.1) is 0 Å². The Morgan fingerprint density at radius 3 is 2.57 bits per heavy atom. The molecule has 2 aromatic carbocycles. The maximum Gasteiger partial charge on any atom is 0.254 e. The number of nitrogens with zero attached hydrogens (tertiary/aromatic N) is 2. The van der Waals surface area contributed by atoms with E-state index in [0.29, 0.717) is 11.3 Å². The minimum Gasteiger partial charge on any atom is -0.497 e. The Bertz CT molecular complexity index is 672. The minimum atomic E-state index is 0.0733. The van der Waals surface area contributed by atoms with Gasteiger partial charge in [-0.1, -0.05) is 24.3 Å². The summed E-state index contributed by atoms with van der Waals surface area (Å²) in [5, 5.41) is 0. The van der Waals surface area contributed by atoms with Crippen LogP contribution in [0.25, 0.3) is 0 Å². The van der Waals surface area contributed by atoms with E-state index in [0.717, 1.165) is 19.6 Å². The van der Waals surface area contributed by atoms with Crippen molar-refractivity contribution in [2.75, 3.05) is 31.6 Å². The van der Waals surface area contributed by atoms with Gasteiger partial charge in [0.1, 0.15) is 5.75 Å². The Labute approximate surface area is 137 Å². The van der Waals surface area contributed by atoms with Gasteiger partial charge in [-0.2, -0.15) is 0 Å². The summed E-state index contributed by atoms with van der Waals surface area (Å²) in [4.78, 5) is 17.1. The molecule has 1 heterocycles. The summed E-state index contributed by atoms with van der Waals surface area (Å²) in [5.74, 6) is 0.788. The number of methoxy groups -OCH3 is 1. The van der Waals surface area contributed by atoms with Gasteiger partial charge < -0.3 is 14.5 Å². The van der Waals surface area contributed by atoms with Crippen molar-refractivity contribution in [1.29, 1.82) is 0 Å². The van der Waals surface area contributed by atoms with E-state index in [1.54, 1.807) is 13.2 Å². The van der Waals surface area contributed by atoms with Crippen LogP contribution in [0.4, 0.5) is 5.69 Å². The van der Waals surface area contributed by atoms with Crippen LogP contribution in [0.5, 0.6) is 5.75 Å². The Morgan fingerprint density at radius 1 is 1.09 bits per heavy atom. The van der Waals surface area contributed by atoms with E-state index in [9.17, 15) is 4.79 Å². The standard InChI is InChI=1S/C19H22N2O2/c1-15-14-20(17-8-4-3-5-9-17)11-12-21(15)19(22)16-7-6-10-18(13-16)23-2/h3-10,13,15H,11-12,14H2,1-2H3. The van der Waals surface area contributed by atoms with Gasteiger partial charge in [-0.05, 0) is 37.3 Å². The van der Waals surface area contributed by atoms with Crippen molar-refractivity contribution < 1.29 is 9.53 Å². The molecule has 1 saturated heterocycles.